The normalized spacial score (nSPS) is 43.5. The molecule has 2 N–H and O–H groups in total. The van der Waals surface area contributed by atoms with E-state index in [0.29, 0.717) is 23.3 Å². The molecule has 29 heavy (non-hydrogen) atoms. The predicted octanol–water partition coefficient (Wildman–Crippen LogP) is 4.94. The van der Waals surface area contributed by atoms with E-state index in [1.54, 1.807) is 6.92 Å². The van der Waals surface area contributed by atoms with Gasteiger partial charge in [0.15, 0.2) is 0 Å². The van der Waals surface area contributed by atoms with Crippen LogP contribution < -0.4 is 0 Å². The molecule has 8 rings (SSSR count). The molecule has 0 spiro atoms. The molecule has 4 atom stereocenters. The Balaban J connectivity index is 1.57. The number of aliphatic carboxylic acids is 2. The zero-order chi connectivity index (χ0) is 20.0. The highest BCUT2D eigenvalue weighted by atomic mass is 32.1. The third-order valence-corrected chi connectivity index (χ3v) is 9.83. The second-order valence-electron chi connectivity index (χ2n) is 10.0. The molecule has 4 unspecified atom stereocenters. The molecule has 1 aromatic heterocycles. The van der Waals surface area contributed by atoms with Crippen LogP contribution in [-0.2, 0) is 9.59 Å². The van der Waals surface area contributed by atoms with Crippen LogP contribution in [0.25, 0.3) is 5.57 Å². The Morgan fingerprint density at radius 2 is 1.55 bits per heavy atom. The first kappa shape index (κ1) is 17.9. The van der Waals surface area contributed by atoms with Crippen LogP contribution >= 0.6 is 11.3 Å². The van der Waals surface area contributed by atoms with Gasteiger partial charge in [-0.2, -0.15) is 11.3 Å². The van der Waals surface area contributed by atoms with Crippen molar-refractivity contribution in [3.8, 4) is 0 Å². The maximum absolute atomic E-state index is 12.6. The number of thiophene rings is 1. The van der Waals surface area contributed by atoms with Gasteiger partial charge in [0.2, 0.25) is 0 Å². The minimum Gasteiger partial charge on any atom is -0.478 e. The largest absolute Gasteiger partial charge is 0.478 e. The third-order valence-electron chi connectivity index (χ3n) is 9.15. The second kappa shape index (κ2) is 6.07. The molecule has 5 heteroatoms. The first-order valence-corrected chi connectivity index (χ1v) is 11.8. The fourth-order valence-electron chi connectivity index (χ4n) is 8.50. The lowest BCUT2D eigenvalue weighted by Gasteiger charge is -2.70. The molecule has 1 heterocycles. The van der Waals surface area contributed by atoms with E-state index in [0.717, 1.165) is 47.6 Å². The maximum atomic E-state index is 12.6. The highest BCUT2D eigenvalue weighted by molar-refractivity contribution is 7.08. The zero-order valence-electron chi connectivity index (χ0n) is 16.5. The Morgan fingerprint density at radius 3 is 2.10 bits per heavy atom. The van der Waals surface area contributed by atoms with Crippen molar-refractivity contribution < 1.29 is 19.8 Å². The molecule has 7 aliphatic rings. The summed E-state index contributed by atoms with van der Waals surface area (Å²) >= 11 is 1.50. The number of rotatable bonds is 4. The van der Waals surface area contributed by atoms with Crippen LogP contribution in [0.5, 0.6) is 0 Å². The summed E-state index contributed by atoms with van der Waals surface area (Å²) in [6, 6.07) is 1.88. The van der Waals surface area contributed by atoms with Gasteiger partial charge in [0.25, 0.3) is 0 Å². The lowest BCUT2D eigenvalue weighted by atomic mass is 9.34. The molecule has 0 aliphatic heterocycles. The first-order valence-electron chi connectivity index (χ1n) is 10.9. The van der Waals surface area contributed by atoms with Crippen LogP contribution in [0.1, 0.15) is 44.6 Å². The fraction of sp³-hybridized carbons (Fsp3) is 0.583. The molecule has 7 saturated carbocycles. The summed E-state index contributed by atoms with van der Waals surface area (Å²) in [7, 11) is 0. The third kappa shape index (κ3) is 2.31. The molecule has 7 fully saturated rings. The summed E-state index contributed by atoms with van der Waals surface area (Å²) in [4.78, 5) is 25.0. The molecule has 1 aromatic rings. The number of carboxylic acid groups (broad SMARTS) is 2. The fourth-order valence-corrected chi connectivity index (χ4v) is 9.21. The van der Waals surface area contributed by atoms with Gasteiger partial charge in [-0.25, -0.2) is 9.59 Å². The topological polar surface area (TPSA) is 74.6 Å². The molecule has 7 aliphatic carbocycles. The van der Waals surface area contributed by atoms with Crippen molar-refractivity contribution in [3.63, 3.8) is 0 Å². The van der Waals surface area contributed by atoms with Gasteiger partial charge in [-0.15, -0.1) is 0 Å². The smallest absolute Gasteiger partial charge is 0.336 e. The monoisotopic (exact) mass is 410 g/mol. The first-order chi connectivity index (χ1) is 14.0. The van der Waals surface area contributed by atoms with Gasteiger partial charge in [-0.05, 0) is 120 Å². The number of carboxylic acids is 2. The van der Waals surface area contributed by atoms with Gasteiger partial charge < -0.3 is 10.2 Å². The van der Waals surface area contributed by atoms with E-state index in [2.05, 4.69) is 0 Å². The standard InChI is InChI=1S/C24H26O4S/c1-10(12-2-3-29-9-12)19(23(25)26)22(24(27)28)20-13-7-15-14-4-11-5-17(15)21(20)18(6-11)16(14)8-13/h2-3,9,11,13-18,21H,4-8H2,1H3,(H,25,26)(H,27,28). The minimum atomic E-state index is -1.11. The van der Waals surface area contributed by atoms with E-state index < -0.39 is 11.9 Å². The lowest BCUT2D eigenvalue weighted by Crippen LogP contribution is -2.63. The maximum Gasteiger partial charge on any atom is 0.336 e. The number of carbonyl (C=O) groups is 2. The average Bonchev–Trinajstić information content (AvgIpc) is 3.23. The predicted molar refractivity (Wildman–Crippen MR) is 110 cm³/mol. The van der Waals surface area contributed by atoms with Gasteiger partial charge >= 0.3 is 11.9 Å². The minimum absolute atomic E-state index is 0.0154. The Hall–Kier alpha value is -1.88. The summed E-state index contributed by atoms with van der Waals surface area (Å²) < 4.78 is 0. The van der Waals surface area contributed by atoms with Crippen LogP contribution in [0.2, 0.25) is 0 Å². The van der Waals surface area contributed by atoms with Gasteiger partial charge in [-0.1, -0.05) is 0 Å². The number of hydrogen-bond acceptors (Lipinski definition) is 3. The zero-order valence-corrected chi connectivity index (χ0v) is 17.3. The Bertz CT molecular complexity index is 947. The second-order valence-corrected chi connectivity index (χ2v) is 10.8. The van der Waals surface area contributed by atoms with E-state index in [9.17, 15) is 19.8 Å². The SMILES string of the molecule is CC(=C(C(=O)O)C(C(=O)O)=C1C2CC3C4CC5CC3C1C(C5)C4C2)c1ccsc1. The molecule has 0 radical (unpaired) electrons. The molecule has 152 valence electrons. The van der Waals surface area contributed by atoms with E-state index in [1.165, 1.54) is 30.6 Å². The van der Waals surface area contributed by atoms with Crippen LogP contribution in [-0.4, -0.2) is 22.2 Å². The summed E-state index contributed by atoms with van der Waals surface area (Å²) in [5, 5.41) is 24.2. The van der Waals surface area contributed by atoms with Crippen molar-refractivity contribution in [1.82, 2.24) is 0 Å². The number of hydrogen-bond donors (Lipinski definition) is 2. The Labute approximate surface area is 174 Å². The van der Waals surface area contributed by atoms with Gasteiger partial charge in [0.05, 0.1) is 11.1 Å². The van der Waals surface area contributed by atoms with Gasteiger partial charge in [-0.3, -0.25) is 0 Å². The van der Waals surface area contributed by atoms with Crippen LogP contribution in [0.4, 0.5) is 0 Å². The molecule has 0 saturated heterocycles. The molecular formula is C24H26O4S. The Morgan fingerprint density at radius 1 is 0.931 bits per heavy atom. The summed E-state index contributed by atoms with van der Waals surface area (Å²) in [6.07, 6.45) is 6.02. The molecular weight excluding hydrogens is 384 g/mol. The van der Waals surface area contributed by atoms with Crippen molar-refractivity contribution in [2.45, 2.75) is 39.0 Å². The highest BCUT2D eigenvalue weighted by Gasteiger charge is 2.65. The lowest BCUT2D eigenvalue weighted by molar-refractivity contribution is -0.177. The molecule has 4 nitrogen and oxygen atoms in total. The molecule has 0 amide bonds. The van der Waals surface area contributed by atoms with Crippen molar-refractivity contribution in [2.75, 3.05) is 0 Å². The summed E-state index contributed by atoms with van der Waals surface area (Å²) in [6.45, 7) is 1.76. The molecule has 8 bridgehead atoms. The summed E-state index contributed by atoms with van der Waals surface area (Å²) in [5.74, 6) is 2.79. The van der Waals surface area contributed by atoms with Crippen molar-refractivity contribution >= 4 is 28.8 Å². The van der Waals surface area contributed by atoms with Crippen LogP contribution in [0, 0.1) is 47.3 Å². The summed E-state index contributed by atoms with van der Waals surface area (Å²) in [5.41, 5.74) is 2.54. The highest BCUT2D eigenvalue weighted by Crippen LogP contribution is 2.73. The van der Waals surface area contributed by atoms with E-state index in [1.807, 2.05) is 16.8 Å². The van der Waals surface area contributed by atoms with Crippen molar-refractivity contribution in [1.29, 1.82) is 0 Å². The molecule has 0 aromatic carbocycles. The van der Waals surface area contributed by atoms with E-state index >= 15 is 0 Å². The average molecular weight is 411 g/mol. The van der Waals surface area contributed by atoms with Crippen molar-refractivity contribution in [2.24, 2.45) is 47.3 Å². The van der Waals surface area contributed by atoms with Gasteiger partial charge in [0, 0.05) is 0 Å². The van der Waals surface area contributed by atoms with Gasteiger partial charge in [0.1, 0.15) is 0 Å². The van der Waals surface area contributed by atoms with Crippen molar-refractivity contribution in [3.05, 3.63) is 39.1 Å². The Kier molecular flexibility index (Phi) is 3.75. The van der Waals surface area contributed by atoms with E-state index in [-0.39, 0.29) is 17.1 Å². The van der Waals surface area contributed by atoms with Crippen LogP contribution in [0.15, 0.2) is 33.5 Å². The van der Waals surface area contributed by atoms with Crippen LogP contribution in [0.3, 0.4) is 0 Å². The van der Waals surface area contributed by atoms with E-state index in [4.69, 9.17) is 0 Å². The number of allylic oxidation sites excluding steroid dienone is 2. The quantitative estimate of drug-likeness (QED) is 0.690.